The number of rotatable bonds is 5. The normalized spacial score (nSPS) is 27.5. The molecule has 0 spiro atoms. The first kappa shape index (κ1) is 28.8. The molecular weight excluding hydrogens is 504 g/mol. The van der Waals surface area contributed by atoms with Crippen molar-refractivity contribution in [1.82, 2.24) is 9.80 Å². The van der Waals surface area contributed by atoms with Gasteiger partial charge in [0, 0.05) is 36.7 Å². The molecule has 4 atom stereocenters. The van der Waals surface area contributed by atoms with Gasteiger partial charge < -0.3 is 19.3 Å². The molecule has 3 fully saturated rings. The number of allylic oxidation sites excluding steroid dienone is 1. The molecule has 7 nitrogen and oxygen atoms in total. The molecule has 6 rings (SSSR count). The Kier molecular flexibility index (Phi) is 9.58. The number of methoxy groups -OCH3 is 1. The first-order chi connectivity index (χ1) is 19.4. The van der Waals surface area contributed by atoms with Crippen LogP contribution >= 0.6 is 0 Å². The first-order valence-corrected chi connectivity index (χ1v) is 14.8. The molecule has 1 N–H and O–H groups in total. The van der Waals surface area contributed by atoms with Crippen LogP contribution < -0.4 is 4.74 Å². The van der Waals surface area contributed by atoms with Gasteiger partial charge in [0.15, 0.2) is 5.78 Å². The minimum absolute atomic E-state index is 0.115. The first-order valence-electron chi connectivity index (χ1n) is 14.8. The Labute approximate surface area is 238 Å². The Hall–Kier alpha value is -2.71. The molecule has 0 radical (unpaired) electrons. The van der Waals surface area contributed by atoms with Gasteiger partial charge in [-0.3, -0.25) is 14.6 Å². The lowest BCUT2D eigenvalue weighted by Gasteiger charge is -2.50. The molecule has 216 valence electrons. The fourth-order valence-electron chi connectivity index (χ4n) is 6.66. The van der Waals surface area contributed by atoms with Crippen molar-refractivity contribution >= 4 is 11.4 Å². The van der Waals surface area contributed by atoms with Gasteiger partial charge in [-0.1, -0.05) is 48.5 Å². The van der Waals surface area contributed by atoms with E-state index in [0.717, 1.165) is 57.4 Å². The molecule has 4 unspecified atom stereocenters. The molecule has 0 amide bonds. The van der Waals surface area contributed by atoms with Crippen molar-refractivity contribution < 1.29 is 24.1 Å². The molecular formula is C33H44N2O5. The number of piperidine rings is 1. The van der Waals surface area contributed by atoms with Crippen LogP contribution in [0, 0.1) is 11.8 Å². The third kappa shape index (κ3) is 6.60. The summed E-state index contributed by atoms with van der Waals surface area (Å²) in [5, 5.41) is 8.06. The number of aliphatic hydroxyl groups is 1. The Morgan fingerprint density at radius 3 is 2.42 bits per heavy atom. The number of aliphatic hydroxyl groups excluding tert-OH is 1. The van der Waals surface area contributed by atoms with Crippen LogP contribution in [0.5, 0.6) is 5.75 Å². The van der Waals surface area contributed by atoms with Gasteiger partial charge in [-0.25, -0.2) is 0 Å². The number of fused-ring (bicyclic) bond motifs is 3. The monoisotopic (exact) mass is 548 g/mol. The Morgan fingerprint density at radius 1 is 1.00 bits per heavy atom. The van der Waals surface area contributed by atoms with Gasteiger partial charge in [-0.05, 0) is 64.3 Å². The highest BCUT2D eigenvalue weighted by Crippen LogP contribution is 2.43. The van der Waals surface area contributed by atoms with Crippen LogP contribution in [0.2, 0.25) is 0 Å². The highest BCUT2D eigenvalue weighted by molar-refractivity contribution is 6.22. The molecule has 2 aromatic rings. The number of ether oxygens (including phenoxy) is 3. The molecule has 40 heavy (non-hydrogen) atoms. The topological polar surface area (TPSA) is 71.5 Å². The standard InChI is InChI=1S/C30H36N2O4.C3H8O/c1-34-27-10-6-5-9-23(27)26-19-35-30-24(29(26)33)11-12-28-25(30)18-32(20-36-28)22-13-15-31(16-14-22)17-21-7-3-2-4-8-21;1-3(2)4/h2-10,19,22,24-25,28,30H,11-18,20H2,1H3;3-4H,1-2H3. The Morgan fingerprint density at radius 2 is 1.70 bits per heavy atom. The molecule has 4 aliphatic rings. The third-order valence-electron chi connectivity index (χ3n) is 8.62. The Bertz CT molecular complexity index is 1140. The molecule has 1 saturated carbocycles. The van der Waals surface area contributed by atoms with Gasteiger partial charge >= 0.3 is 0 Å². The van der Waals surface area contributed by atoms with Crippen molar-refractivity contribution in [3.8, 4) is 5.75 Å². The van der Waals surface area contributed by atoms with E-state index < -0.39 is 0 Å². The van der Waals surface area contributed by atoms with E-state index in [1.54, 1.807) is 27.2 Å². The minimum Gasteiger partial charge on any atom is -0.496 e. The van der Waals surface area contributed by atoms with Gasteiger partial charge in [0.2, 0.25) is 0 Å². The van der Waals surface area contributed by atoms with Crippen molar-refractivity contribution in [3.05, 3.63) is 72.0 Å². The second kappa shape index (κ2) is 13.3. The van der Waals surface area contributed by atoms with Crippen LogP contribution in [0.1, 0.15) is 50.7 Å². The number of carbonyl (C=O) groups excluding carboxylic acids is 1. The van der Waals surface area contributed by atoms with E-state index in [4.69, 9.17) is 19.3 Å². The second-order valence-electron chi connectivity index (χ2n) is 11.7. The highest BCUT2D eigenvalue weighted by Gasteiger charge is 2.50. The third-order valence-corrected chi connectivity index (χ3v) is 8.62. The Balaban J connectivity index is 0.000000758. The van der Waals surface area contributed by atoms with Crippen molar-refractivity contribution in [3.63, 3.8) is 0 Å². The van der Waals surface area contributed by atoms with E-state index in [9.17, 15) is 4.79 Å². The van der Waals surface area contributed by atoms with Crippen LogP contribution in [-0.4, -0.2) is 78.5 Å². The average Bonchev–Trinajstić information content (AvgIpc) is 2.98. The predicted molar refractivity (Wildman–Crippen MR) is 156 cm³/mol. The number of nitrogens with zero attached hydrogens (tertiary/aromatic N) is 2. The van der Waals surface area contributed by atoms with E-state index in [2.05, 4.69) is 40.1 Å². The number of ketones is 1. The zero-order valence-corrected chi connectivity index (χ0v) is 24.1. The van der Waals surface area contributed by atoms with Crippen LogP contribution in [0.15, 0.2) is 60.9 Å². The molecule has 1 aliphatic carbocycles. The predicted octanol–water partition coefficient (Wildman–Crippen LogP) is 4.74. The number of likely N-dealkylation sites (tertiary alicyclic amines) is 1. The molecule has 2 saturated heterocycles. The quantitative estimate of drug-likeness (QED) is 0.579. The number of carbonyl (C=O) groups is 1. The summed E-state index contributed by atoms with van der Waals surface area (Å²) < 4.78 is 18.2. The van der Waals surface area contributed by atoms with Gasteiger partial charge in [-0.15, -0.1) is 0 Å². The van der Waals surface area contributed by atoms with Gasteiger partial charge in [0.1, 0.15) is 11.9 Å². The van der Waals surface area contributed by atoms with E-state index >= 15 is 0 Å². The summed E-state index contributed by atoms with van der Waals surface area (Å²) in [5.74, 6) is 0.992. The van der Waals surface area contributed by atoms with E-state index in [1.165, 1.54) is 5.56 Å². The van der Waals surface area contributed by atoms with E-state index in [-0.39, 0.29) is 35.9 Å². The largest absolute Gasteiger partial charge is 0.496 e. The summed E-state index contributed by atoms with van der Waals surface area (Å²) in [4.78, 5) is 18.7. The van der Waals surface area contributed by atoms with Gasteiger partial charge in [-0.2, -0.15) is 0 Å². The van der Waals surface area contributed by atoms with E-state index in [0.29, 0.717) is 24.1 Å². The summed E-state index contributed by atoms with van der Waals surface area (Å²) in [6.45, 7) is 8.32. The number of hydrogen-bond acceptors (Lipinski definition) is 7. The molecule has 2 aromatic carbocycles. The second-order valence-corrected chi connectivity index (χ2v) is 11.7. The molecule has 7 heteroatoms. The lowest BCUT2D eigenvalue weighted by Crippen LogP contribution is -2.59. The summed E-state index contributed by atoms with van der Waals surface area (Å²) in [6, 6.07) is 19.0. The number of hydrogen-bond donors (Lipinski definition) is 1. The number of Topliss-reactive ketones (excluding diaryl/α,β-unsaturated/α-hetero) is 1. The number of benzene rings is 2. The molecule has 0 bridgehead atoms. The van der Waals surface area contributed by atoms with Crippen LogP contribution in [0.3, 0.4) is 0 Å². The van der Waals surface area contributed by atoms with Crippen molar-refractivity contribution in [2.24, 2.45) is 11.8 Å². The maximum Gasteiger partial charge on any atom is 0.173 e. The summed E-state index contributed by atoms with van der Waals surface area (Å²) in [7, 11) is 1.64. The summed E-state index contributed by atoms with van der Waals surface area (Å²) >= 11 is 0. The smallest absolute Gasteiger partial charge is 0.173 e. The maximum atomic E-state index is 13.6. The fraction of sp³-hybridized carbons (Fsp3) is 0.545. The minimum atomic E-state index is -0.167. The molecule has 0 aromatic heterocycles. The van der Waals surface area contributed by atoms with Gasteiger partial charge in [0.05, 0.1) is 37.7 Å². The maximum absolute atomic E-state index is 13.6. The van der Waals surface area contributed by atoms with Crippen molar-refractivity contribution in [2.45, 2.75) is 70.4 Å². The van der Waals surface area contributed by atoms with Crippen molar-refractivity contribution in [2.75, 3.05) is 33.5 Å². The van der Waals surface area contributed by atoms with Crippen LogP contribution in [0.4, 0.5) is 0 Å². The van der Waals surface area contributed by atoms with Gasteiger partial charge in [0.25, 0.3) is 0 Å². The number of para-hydroxylation sites is 1. The lowest BCUT2D eigenvalue weighted by molar-refractivity contribution is -0.179. The molecule has 3 heterocycles. The highest BCUT2D eigenvalue weighted by atomic mass is 16.5. The zero-order valence-electron chi connectivity index (χ0n) is 24.1. The van der Waals surface area contributed by atoms with Crippen LogP contribution in [0.25, 0.3) is 5.57 Å². The average molecular weight is 549 g/mol. The lowest BCUT2D eigenvalue weighted by atomic mass is 9.71. The summed E-state index contributed by atoms with van der Waals surface area (Å²) in [5.41, 5.74) is 2.83. The fourth-order valence-corrected chi connectivity index (χ4v) is 6.66. The summed E-state index contributed by atoms with van der Waals surface area (Å²) in [6.07, 6.45) is 5.62. The SMILES string of the molecule is CC(C)O.COc1ccccc1C1=COC2C(CCC3OCN(C4CCN(Cc5ccccc5)CC4)CC32)C1=O. The van der Waals surface area contributed by atoms with E-state index in [1.807, 2.05) is 24.3 Å². The van der Waals surface area contributed by atoms with Crippen LogP contribution in [-0.2, 0) is 20.8 Å². The van der Waals surface area contributed by atoms with Crippen molar-refractivity contribution in [1.29, 1.82) is 0 Å². The molecule has 3 aliphatic heterocycles. The zero-order chi connectivity index (χ0) is 28.1.